The Labute approximate surface area is 162 Å². The molecule has 0 fully saturated rings. The summed E-state index contributed by atoms with van der Waals surface area (Å²) in [6.07, 6.45) is -13.4. The molecule has 2 aromatic rings. The van der Waals surface area contributed by atoms with Crippen LogP contribution in [0.4, 0.5) is 39.5 Å². The number of halogens is 10. The first-order valence-electron chi connectivity index (χ1n) is 7.54. The van der Waals surface area contributed by atoms with Crippen LogP contribution in [-0.2, 0) is 5.67 Å². The molecule has 1 unspecified atom stereocenters. The van der Waals surface area contributed by atoms with Crippen molar-refractivity contribution in [1.29, 1.82) is 0 Å². The van der Waals surface area contributed by atoms with Crippen LogP contribution in [-0.4, -0.2) is 18.3 Å². The summed E-state index contributed by atoms with van der Waals surface area (Å²) in [6, 6.07) is 8.16. The van der Waals surface area contributed by atoms with Gasteiger partial charge in [-0.15, -0.1) is 0 Å². The van der Waals surface area contributed by atoms with Gasteiger partial charge < -0.3 is 0 Å². The molecule has 0 aliphatic heterocycles. The standard InChI is InChI=1S/C18H11BrF9/c1-9-7-12(14(13(19)8-9)11-6-4-3-5-10(11)2)15(20,17(23,24)25)16(21,22)18(26,27)28/h3-7H,1-2H3. The van der Waals surface area contributed by atoms with Crippen molar-refractivity contribution in [1.82, 2.24) is 0 Å². The molecule has 0 spiro atoms. The fourth-order valence-electron chi connectivity index (χ4n) is 2.76. The lowest BCUT2D eigenvalue weighted by molar-refractivity contribution is -0.389. The summed E-state index contributed by atoms with van der Waals surface area (Å²) >= 11 is 2.83. The molecular formula is C18H11BrF9. The van der Waals surface area contributed by atoms with Crippen molar-refractivity contribution >= 4 is 15.9 Å². The Morgan fingerprint density at radius 3 is 1.82 bits per heavy atom. The van der Waals surface area contributed by atoms with Crippen LogP contribution in [0.15, 0.2) is 34.8 Å². The van der Waals surface area contributed by atoms with Crippen molar-refractivity contribution in [3.63, 3.8) is 0 Å². The maximum atomic E-state index is 15.1. The number of rotatable bonds is 3. The first kappa shape index (κ1) is 22.6. The van der Waals surface area contributed by atoms with Crippen LogP contribution >= 0.6 is 15.9 Å². The minimum atomic E-state index is -6.79. The summed E-state index contributed by atoms with van der Waals surface area (Å²) < 4.78 is 122. The molecule has 0 aromatic heterocycles. The van der Waals surface area contributed by atoms with E-state index in [0.29, 0.717) is 6.07 Å². The van der Waals surface area contributed by atoms with Gasteiger partial charge in [0.2, 0.25) is 0 Å². The zero-order valence-electron chi connectivity index (χ0n) is 14.2. The van der Waals surface area contributed by atoms with Crippen LogP contribution in [0.3, 0.4) is 0 Å². The molecule has 0 aliphatic rings. The lowest BCUT2D eigenvalue weighted by Crippen LogP contribution is -2.60. The summed E-state index contributed by atoms with van der Waals surface area (Å²) in [4.78, 5) is 0. The van der Waals surface area contributed by atoms with E-state index in [2.05, 4.69) is 22.0 Å². The second-order valence-electron chi connectivity index (χ2n) is 6.10. The van der Waals surface area contributed by atoms with E-state index in [1.165, 1.54) is 31.2 Å². The van der Waals surface area contributed by atoms with E-state index in [9.17, 15) is 35.1 Å². The van der Waals surface area contributed by atoms with Gasteiger partial charge in [0.1, 0.15) is 0 Å². The molecule has 2 aromatic carbocycles. The van der Waals surface area contributed by atoms with Gasteiger partial charge >= 0.3 is 23.9 Å². The van der Waals surface area contributed by atoms with Crippen LogP contribution in [0.25, 0.3) is 11.1 Å². The van der Waals surface area contributed by atoms with Crippen LogP contribution in [0.2, 0.25) is 0 Å². The van der Waals surface area contributed by atoms with Crippen molar-refractivity contribution in [2.24, 2.45) is 0 Å². The first-order chi connectivity index (χ1) is 12.6. The van der Waals surface area contributed by atoms with Gasteiger partial charge in [-0.2, -0.15) is 35.1 Å². The van der Waals surface area contributed by atoms with Gasteiger partial charge in [-0.3, -0.25) is 0 Å². The van der Waals surface area contributed by atoms with E-state index in [0.717, 1.165) is 6.92 Å². The van der Waals surface area contributed by atoms with E-state index in [1.54, 1.807) is 0 Å². The summed E-state index contributed by atoms with van der Waals surface area (Å²) in [7, 11) is 0. The molecule has 153 valence electrons. The van der Waals surface area contributed by atoms with Gasteiger partial charge in [-0.1, -0.05) is 30.3 Å². The van der Waals surface area contributed by atoms with Gasteiger partial charge in [-0.25, -0.2) is 4.39 Å². The molecule has 1 radical (unpaired) electrons. The minimum Gasteiger partial charge on any atom is -0.221 e. The van der Waals surface area contributed by atoms with Crippen molar-refractivity contribution in [2.45, 2.75) is 37.8 Å². The monoisotopic (exact) mass is 477 g/mol. The smallest absolute Gasteiger partial charge is 0.221 e. The molecule has 2 rings (SSSR count). The summed E-state index contributed by atoms with van der Waals surface area (Å²) in [5, 5.41) is 0. The van der Waals surface area contributed by atoms with E-state index in [4.69, 9.17) is 0 Å². The number of aryl methyl sites for hydroxylation is 2. The molecule has 0 saturated carbocycles. The van der Waals surface area contributed by atoms with Crippen molar-refractivity contribution < 1.29 is 39.5 Å². The van der Waals surface area contributed by atoms with Crippen molar-refractivity contribution in [3.05, 3.63) is 57.6 Å². The molecule has 0 aliphatic carbocycles. The van der Waals surface area contributed by atoms with Gasteiger partial charge in [0.25, 0.3) is 0 Å². The molecule has 0 N–H and O–H groups in total. The topological polar surface area (TPSA) is 0 Å². The Bertz CT molecular complexity index is 884. The Balaban J connectivity index is 3.04. The molecular weight excluding hydrogens is 467 g/mol. The molecule has 0 heterocycles. The molecule has 28 heavy (non-hydrogen) atoms. The van der Waals surface area contributed by atoms with Crippen molar-refractivity contribution in [2.75, 3.05) is 0 Å². The van der Waals surface area contributed by atoms with Crippen LogP contribution in [0.1, 0.15) is 16.7 Å². The van der Waals surface area contributed by atoms with Crippen LogP contribution < -0.4 is 0 Å². The summed E-state index contributed by atoms with van der Waals surface area (Å²) in [5.41, 5.74) is -8.83. The lowest BCUT2D eigenvalue weighted by Gasteiger charge is -2.37. The third-order valence-corrected chi connectivity index (χ3v) is 4.72. The maximum Gasteiger partial charge on any atom is 0.457 e. The number of benzene rings is 2. The molecule has 1 atom stereocenters. The molecule has 0 saturated heterocycles. The highest BCUT2D eigenvalue weighted by Crippen LogP contribution is 2.60. The Morgan fingerprint density at radius 1 is 0.821 bits per heavy atom. The summed E-state index contributed by atoms with van der Waals surface area (Å²) in [6.45, 7) is 2.49. The van der Waals surface area contributed by atoms with E-state index >= 15 is 4.39 Å². The zero-order valence-corrected chi connectivity index (χ0v) is 15.8. The second kappa shape index (κ2) is 6.96. The molecule has 0 bridgehead atoms. The quantitative estimate of drug-likeness (QED) is 0.402. The number of alkyl halides is 9. The van der Waals surface area contributed by atoms with E-state index in [-0.39, 0.29) is 21.2 Å². The summed E-state index contributed by atoms with van der Waals surface area (Å²) in [5.74, 6) is -6.75. The molecule has 10 heteroatoms. The average Bonchev–Trinajstić information content (AvgIpc) is 2.52. The Morgan fingerprint density at radius 2 is 1.36 bits per heavy atom. The van der Waals surface area contributed by atoms with E-state index < -0.39 is 35.1 Å². The maximum absolute atomic E-state index is 15.1. The van der Waals surface area contributed by atoms with Crippen LogP contribution in [0, 0.1) is 19.9 Å². The highest BCUT2D eigenvalue weighted by molar-refractivity contribution is 9.10. The normalized spacial score (nSPS) is 15.4. The van der Waals surface area contributed by atoms with Crippen LogP contribution in [0.5, 0.6) is 0 Å². The Kier molecular flexibility index (Phi) is 5.62. The zero-order chi connectivity index (χ0) is 21.7. The fraction of sp³-hybridized carbons (Fsp3) is 0.333. The van der Waals surface area contributed by atoms with Gasteiger partial charge in [0.05, 0.1) is 0 Å². The largest absolute Gasteiger partial charge is 0.457 e. The first-order valence-corrected chi connectivity index (χ1v) is 8.34. The van der Waals surface area contributed by atoms with E-state index in [1.807, 2.05) is 0 Å². The third kappa shape index (κ3) is 3.40. The lowest BCUT2D eigenvalue weighted by atomic mass is 9.81. The predicted octanol–water partition coefficient (Wildman–Crippen LogP) is 7.46. The fourth-order valence-corrected chi connectivity index (χ4v) is 3.50. The van der Waals surface area contributed by atoms with Gasteiger partial charge in [0, 0.05) is 21.7 Å². The third-order valence-electron chi connectivity index (χ3n) is 4.12. The van der Waals surface area contributed by atoms with Gasteiger partial charge in [0.15, 0.2) is 0 Å². The highest BCUT2D eigenvalue weighted by atomic mass is 79.9. The molecule has 0 nitrogen and oxygen atoms in total. The second-order valence-corrected chi connectivity index (χ2v) is 6.89. The molecule has 0 amide bonds. The minimum absolute atomic E-state index is 0.148. The number of hydrogen-bond acceptors (Lipinski definition) is 0. The van der Waals surface area contributed by atoms with Crippen molar-refractivity contribution in [3.8, 4) is 11.1 Å². The highest BCUT2D eigenvalue weighted by Gasteiger charge is 2.82. The Hall–Kier alpha value is -1.71. The average molecular weight is 478 g/mol. The number of hydrogen-bond donors (Lipinski definition) is 0. The predicted molar refractivity (Wildman–Crippen MR) is 87.7 cm³/mol. The SMILES string of the molecule is Cc1[c]c(Br)c(-c2ccccc2C)c(C(F)(C(F)(F)F)C(F)(F)C(F)(F)F)c1. The van der Waals surface area contributed by atoms with Gasteiger partial charge in [-0.05, 0) is 46.5 Å².